The van der Waals surface area contributed by atoms with Gasteiger partial charge in [-0.05, 0) is 42.8 Å². The number of halogens is 2. The van der Waals surface area contributed by atoms with Gasteiger partial charge in [0.1, 0.15) is 11.8 Å². The van der Waals surface area contributed by atoms with Crippen LogP contribution in [0.3, 0.4) is 0 Å². The fourth-order valence-electron chi connectivity index (χ4n) is 2.87. The molecule has 0 amide bonds. The van der Waals surface area contributed by atoms with Crippen LogP contribution in [-0.2, 0) is 10.0 Å². The quantitative estimate of drug-likeness (QED) is 0.439. The van der Waals surface area contributed by atoms with Gasteiger partial charge in [-0.15, -0.1) is 0 Å². The van der Waals surface area contributed by atoms with Crippen molar-refractivity contribution in [3.63, 3.8) is 0 Å². The van der Waals surface area contributed by atoms with Crippen molar-refractivity contribution in [1.29, 1.82) is 5.26 Å². The summed E-state index contributed by atoms with van der Waals surface area (Å²) in [5, 5.41) is 9.83. The fourth-order valence-corrected chi connectivity index (χ4v) is 4.51. The number of benzene rings is 1. The minimum Gasteiger partial charge on any atom is -0.225 e. The first-order valence-corrected chi connectivity index (χ1v) is 10.4. The Labute approximate surface area is 176 Å². The summed E-state index contributed by atoms with van der Waals surface area (Å²) in [4.78, 5) is 12.2. The molecule has 0 unspecified atom stereocenters. The molecule has 0 spiro atoms. The van der Waals surface area contributed by atoms with E-state index in [1.165, 1.54) is 30.6 Å². The van der Waals surface area contributed by atoms with Gasteiger partial charge in [-0.25, -0.2) is 27.3 Å². The van der Waals surface area contributed by atoms with Crippen LogP contribution in [0.4, 0.5) is 0 Å². The number of pyridine rings is 1. The van der Waals surface area contributed by atoms with E-state index in [0.29, 0.717) is 10.9 Å². The van der Waals surface area contributed by atoms with E-state index in [0.717, 1.165) is 9.54 Å². The van der Waals surface area contributed by atoms with E-state index in [1.807, 2.05) is 13.0 Å². The number of hydrogen-bond donors (Lipinski definition) is 0. The van der Waals surface area contributed by atoms with Gasteiger partial charge >= 0.3 is 0 Å². The van der Waals surface area contributed by atoms with Crippen molar-refractivity contribution in [3.05, 3.63) is 70.4 Å². The molecule has 7 nitrogen and oxygen atoms in total. The molecule has 0 atom stereocenters. The van der Waals surface area contributed by atoms with Gasteiger partial charge in [-0.3, -0.25) is 0 Å². The molecule has 3 heterocycles. The maximum absolute atomic E-state index is 13.3. The van der Waals surface area contributed by atoms with Crippen LogP contribution in [0.2, 0.25) is 10.3 Å². The molecule has 0 bridgehead atoms. The molecule has 4 aromatic rings. The van der Waals surface area contributed by atoms with Gasteiger partial charge in [0.05, 0.1) is 21.8 Å². The second kappa shape index (κ2) is 7.12. The molecule has 0 radical (unpaired) electrons. The second-order valence-corrected chi connectivity index (χ2v) is 8.73. The maximum atomic E-state index is 13.3. The first kappa shape index (κ1) is 19.3. The topological polar surface area (TPSA) is 102 Å². The summed E-state index contributed by atoms with van der Waals surface area (Å²) < 4.78 is 27.6. The van der Waals surface area contributed by atoms with Crippen molar-refractivity contribution >= 4 is 44.3 Å². The Hall–Kier alpha value is -2.99. The highest BCUT2D eigenvalue weighted by Crippen LogP contribution is 2.35. The monoisotopic (exact) mass is 443 g/mol. The highest BCUT2D eigenvalue weighted by molar-refractivity contribution is 7.90. The second-order valence-electron chi connectivity index (χ2n) is 6.17. The largest absolute Gasteiger partial charge is 0.269 e. The number of aryl methyl sites for hydroxylation is 1. The molecule has 3 aromatic heterocycles. The normalized spacial score (nSPS) is 11.5. The highest BCUT2D eigenvalue weighted by Gasteiger charge is 2.24. The van der Waals surface area contributed by atoms with E-state index in [4.69, 9.17) is 23.2 Å². The number of hydrogen-bond acceptors (Lipinski definition) is 6. The smallest absolute Gasteiger partial charge is 0.225 e. The number of fused-ring (bicyclic) bond motifs is 1. The molecule has 4 rings (SSSR count). The fraction of sp³-hybridized carbons (Fsp3) is 0.0526. The zero-order chi connectivity index (χ0) is 20.8. The average Bonchev–Trinajstić information content (AvgIpc) is 3.09. The van der Waals surface area contributed by atoms with E-state index in [1.54, 1.807) is 18.2 Å². The summed E-state index contributed by atoms with van der Waals surface area (Å²) in [5.74, 6) is 0. The Morgan fingerprint density at radius 3 is 2.48 bits per heavy atom. The van der Waals surface area contributed by atoms with Crippen LogP contribution in [0.15, 0.2) is 53.7 Å². The predicted molar refractivity (Wildman–Crippen MR) is 109 cm³/mol. The molecule has 29 heavy (non-hydrogen) atoms. The van der Waals surface area contributed by atoms with Gasteiger partial charge in [-0.1, -0.05) is 29.3 Å². The lowest BCUT2D eigenvalue weighted by Gasteiger charge is -2.07. The molecule has 0 fully saturated rings. The summed E-state index contributed by atoms with van der Waals surface area (Å²) in [6.07, 6.45) is 2.71. The molecule has 10 heteroatoms. The van der Waals surface area contributed by atoms with E-state index < -0.39 is 10.0 Å². The summed E-state index contributed by atoms with van der Waals surface area (Å²) in [7, 11) is -3.99. The van der Waals surface area contributed by atoms with Crippen molar-refractivity contribution in [1.82, 2.24) is 18.9 Å². The van der Waals surface area contributed by atoms with Gasteiger partial charge in [0.15, 0.2) is 5.65 Å². The first-order chi connectivity index (χ1) is 13.8. The number of nitrogens with zero attached hydrogens (tertiary/aromatic N) is 5. The Balaban J connectivity index is 2.06. The van der Waals surface area contributed by atoms with E-state index >= 15 is 0 Å². The minimum absolute atomic E-state index is 0.0340. The number of rotatable bonds is 3. The molecule has 0 saturated carbocycles. The van der Waals surface area contributed by atoms with Crippen LogP contribution in [0.5, 0.6) is 0 Å². The average molecular weight is 444 g/mol. The van der Waals surface area contributed by atoms with Gasteiger partial charge in [0, 0.05) is 17.1 Å². The third-order valence-corrected chi connectivity index (χ3v) is 6.41. The molecule has 0 N–H and O–H groups in total. The maximum Gasteiger partial charge on any atom is 0.269 e. The van der Waals surface area contributed by atoms with Crippen molar-refractivity contribution in [2.45, 2.75) is 11.8 Å². The molecular weight excluding hydrogens is 433 g/mol. The van der Waals surface area contributed by atoms with Crippen LogP contribution in [0.25, 0.3) is 22.3 Å². The van der Waals surface area contributed by atoms with Crippen LogP contribution < -0.4 is 0 Å². The summed E-state index contributed by atoms with van der Waals surface area (Å²) in [5.41, 5.74) is 1.76. The van der Waals surface area contributed by atoms with Crippen LogP contribution in [0, 0.1) is 18.3 Å². The minimum atomic E-state index is -3.99. The van der Waals surface area contributed by atoms with Crippen LogP contribution in [0.1, 0.15) is 11.3 Å². The molecule has 0 aliphatic rings. The van der Waals surface area contributed by atoms with E-state index in [-0.39, 0.29) is 32.2 Å². The van der Waals surface area contributed by atoms with Crippen molar-refractivity contribution in [2.75, 3.05) is 0 Å². The summed E-state index contributed by atoms with van der Waals surface area (Å²) >= 11 is 12.1. The zero-order valence-electron chi connectivity index (χ0n) is 14.8. The number of aromatic nitrogens is 4. The Bertz CT molecular complexity index is 1410. The van der Waals surface area contributed by atoms with Crippen molar-refractivity contribution in [2.24, 2.45) is 0 Å². The predicted octanol–water partition coefficient (Wildman–Crippen LogP) is 4.22. The highest BCUT2D eigenvalue weighted by atomic mass is 35.5. The Kier molecular flexibility index (Phi) is 4.74. The van der Waals surface area contributed by atoms with Crippen molar-refractivity contribution in [3.8, 4) is 17.3 Å². The molecule has 144 valence electrons. The SMILES string of the molecule is Cc1ccc(S(=O)(=O)n2cc(-c3nc(Cl)ncc3Cl)c3ccc(C#N)nc32)cc1. The number of nitriles is 1. The first-order valence-electron chi connectivity index (χ1n) is 8.24. The summed E-state index contributed by atoms with van der Waals surface area (Å²) in [6.45, 7) is 1.86. The molecular formula is C19H11Cl2N5O2S. The molecule has 1 aromatic carbocycles. The van der Waals surface area contributed by atoms with Crippen LogP contribution in [-0.4, -0.2) is 27.3 Å². The molecule has 0 saturated heterocycles. The Morgan fingerprint density at radius 2 is 1.79 bits per heavy atom. The standard InChI is InChI=1S/C19H11Cl2N5O2S/c1-11-2-5-13(6-3-11)29(27,28)26-10-15(17-16(20)9-23-19(21)25-17)14-7-4-12(8-22)24-18(14)26/h2-7,9-10H,1H3. The van der Waals surface area contributed by atoms with Crippen molar-refractivity contribution < 1.29 is 8.42 Å². The third-order valence-electron chi connectivity index (χ3n) is 4.28. The lowest BCUT2D eigenvalue weighted by Crippen LogP contribution is -2.12. The van der Waals surface area contributed by atoms with Gasteiger partial charge < -0.3 is 0 Å². The molecule has 0 aliphatic heterocycles. The lowest BCUT2D eigenvalue weighted by molar-refractivity contribution is 0.589. The third kappa shape index (κ3) is 3.34. The Morgan fingerprint density at radius 1 is 1.07 bits per heavy atom. The van der Waals surface area contributed by atoms with Gasteiger partial charge in [0.2, 0.25) is 5.28 Å². The molecule has 0 aliphatic carbocycles. The van der Waals surface area contributed by atoms with Gasteiger partial charge in [-0.2, -0.15) is 5.26 Å². The van der Waals surface area contributed by atoms with Gasteiger partial charge in [0.25, 0.3) is 10.0 Å². The zero-order valence-corrected chi connectivity index (χ0v) is 17.2. The summed E-state index contributed by atoms with van der Waals surface area (Å²) in [6, 6.07) is 11.4. The van der Waals surface area contributed by atoms with E-state index in [2.05, 4.69) is 15.0 Å². The van der Waals surface area contributed by atoms with Crippen LogP contribution >= 0.6 is 23.2 Å². The lowest BCUT2D eigenvalue weighted by atomic mass is 10.1. The van der Waals surface area contributed by atoms with E-state index in [9.17, 15) is 13.7 Å².